The minimum atomic E-state index is 0.0691. The van der Waals surface area contributed by atoms with Gasteiger partial charge in [-0.3, -0.25) is 9.69 Å². The molecule has 0 radical (unpaired) electrons. The first-order chi connectivity index (χ1) is 7.69. The predicted octanol–water partition coefficient (Wildman–Crippen LogP) is 0.605. The van der Waals surface area contributed by atoms with E-state index in [2.05, 4.69) is 11.4 Å². The van der Waals surface area contributed by atoms with E-state index in [-0.39, 0.29) is 12.6 Å². The van der Waals surface area contributed by atoms with E-state index in [9.17, 15) is 4.79 Å². The fourth-order valence-electron chi connectivity index (χ4n) is 1.83. The predicted molar refractivity (Wildman–Crippen MR) is 62.2 cm³/mol. The lowest BCUT2D eigenvalue weighted by Crippen LogP contribution is -2.21. The summed E-state index contributed by atoms with van der Waals surface area (Å²) in [5, 5.41) is 11.7. The molecule has 16 heavy (non-hydrogen) atoms. The lowest BCUT2D eigenvalue weighted by molar-refractivity contribution is -0.115. The van der Waals surface area contributed by atoms with Crippen LogP contribution in [0.4, 0.5) is 5.69 Å². The molecule has 86 valence electrons. The summed E-state index contributed by atoms with van der Waals surface area (Å²) in [6.45, 7) is 0.891. The smallest absolute Gasteiger partial charge is 0.228 e. The summed E-state index contributed by atoms with van der Waals surface area (Å²) >= 11 is 0. The number of nitrogens with zero attached hydrogens (tertiary/aromatic N) is 1. The van der Waals surface area contributed by atoms with Gasteiger partial charge in [-0.25, -0.2) is 0 Å². The average molecular weight is 220 g/mol. The average Bonchev–Trinajstić information content (AvgIpc) is 2.65. The molecule has 1 aromatic carbocycles. The van der Waals surface area contributed by atoms with Crippen LogP contribution in [0.5, 0.6) is 0 Å². The van der Waals surface area contributed by atoms with Crippen molar-refractivity contribution in [2.24, 2.45) is 0 Å². The standard InChI is InChI=1S/C12H16N2O2/c1-14(8-15)5-4-9-2-3-11-10(6-9)7-12(16)13-11/h2-3,6,15H,4-5,7-8H2,1H3,(H,13,16). The minimum Gasteiger partial charge on any atom is -0.381 e. The molecule has 0 fully saturated rings. The third-order valence-corrected chi connectivity index (χ3v) is 2.82. The molecule has 1 aliphatic rings. The molecule has 0 aliphatic carbocycles. The summed E-state index contributed by atoms with van der Waals surface area (Å²) in [5.74, 6) is 0.0691. The van der Waals surface area contributed by atoms with Crippen molar-refractivity contribution in [1.29, 1.82) is 0 Å². The molecule has 0 unspecified atom stereocenters. The van der Waals surface area contributed by atoms with Crippen LogP contribution in [-0.4, -0.2) is 36.2 Å². The van der Waals surface area contributed by atoms with Gasteiger partial charge < -0.3 is 10.4 Å². The number of carbonyl (C=O) groups is 1. The number of nitrogens with one attached hydrogen (secondary N) is 1. The summed E-state index contributed by atoms with van der Waals surface area (Å²) in [6.07, 6.45) is 1.37. The van der Waals surface area contributed by atoms with Crippen molar-refractivity contribution in [3.63, 3.8) is 0 Å². The Labute approximate surface area is 94.9 Å². The van der Waals surface area contributed by atoms with Gasteiger partial charge in [0.05, 0.1) is 13.2 Å². The number of carbonyl (C=O) groups excluding carboxylic acids is 1. The van der Waals surface area contributed by atoms with E-state index < -0.39 is 0 Å². The summed E-state index contributed by atoms with van der Waals surface area (Å²) in [5.41, 5.74) is 3.22. The fraction of sp³-hybridized carbons (Fsp3) is 0.417. The van der Waals surface area contributed by atoms with Crippen LogP contribution in [0.25, 0.3) is 0 Å². The molecule has 1 amide bonds. The van der Waals surface area contributed by atoms with E-state index >= 15 is 0 Å². The Hall–Kier alpha value is -1.39. The maximum atomic E-state index is 11.2. The number of aliphatic hydroxyl groups excluding tert-OH is 1. The second-order valence-corrected chi connectivity index (χ2v) is 4.19. The van der Waals surface area contributed by atoms with Gasteiger partial charge in [-0.05, 0) is 30.7 Å². The zero-order valence-corrected chi connectivity index (χ0v) is 9.36. The summed E-state index contributed by atoms with van der Waals surface area (Å²) < 4.78 is 0. The van der Waals surface area contributed by atoms with E-state index in [4.69, 9.17) is 5.11 Å². The van der Waals surface area contributed by atoms with Crippen LogP contribution in [0, 0.1) is 0 Å². The maximum absolute atomic E-state index is 11.2. The third kappa shape index (κ3) is 2.40. The first-order valence-corrected chi connectivity index (χ1v) is 5.40. The highest BCUT2D eigenvalue weighted by atomic mass is 16.3. The van der Waals surface area contributed by atoms with Gasteiger partial charge in [-0.15, -0.1) is 0 Å². The van der Waals surface area contributed by atoms with E-state index in [1.54, 1.807) is 0 Å². The van der Waals surface area contributed by atoms with Gasteiger partial charge in [0.25, 0.3) is 0 Å². The van der Waals surface area contributed by atoms with Gasteiger partial charge in [0.1, 0.15) is 0 Å². The van der Waals surface area contributed by atoms with Crippen LogP contribution >= 0.6 is 0 Å². The van der Waals surface area contributed by atoms with Crippen molar-refractivity contribution < 1.29 is 9.90 Å². The first kappa shape index (κ1) is 11.1. The highest BCUT2D eigenvalue weighted by molar-refractivity contribution is 5.99. The SMILES string of the molecule is CN(CO)CCc1ccc2c(c1)CC(=O)N2. The molecule has 4 heteroatoms. The molecule has 1 aromatic rings. The van der Waals surface area contributed by atoms with E-state index in [0.717, 1.165) is 24.2 Å². The van der Waals surface area contributed by atoms with Gasteiger partial charge in [0.15, 0.2) is 0 Å². The van der Waals surface area contributed by atoms with Crippen molar-refractivity contribution in [2.75, 3.05) is 25.6 Å². The zero-order chi connectivity index (χ0) is 11.5. The molecule has 0 aromatic heterocycles. The van der Waals surface area contributed by atoms with E-state index in [0.29, 0.717) is 6.42 Å². The first-order valence-electron chi connectivity index (χ1n) is 5.40. The Kier molecular flexibility index (Phi) is 3.22. The van der Waals surface area contributed by atoms with Crippen LogP contribution in [0.1, 0.15) is 11.1 Å². The molecule has 0 atom stereocenters. The molecule has 0 saturated carbocycles. The van der Waals surface area contributed by atoms with E-state index in [1.165, 1.54) is 5.56 Å². The topological polar surface area (TPSA) is 52.6 Å². The molecule has 2 N–H and O–H groups in total. The van der Waals surface area contributed by atoms with Gasteiger partial charge in [-0.2, -0.15) is 0 Å². The van der Waals surface area contributed by atoms with Crippen molar-refractivity contribution in [3.8, 4) is 0 Å². The second-order valence-electron chi connectivity index (χ2n) is 4.19. The van der Waals surface area contributed by atoms with Crippen molar-refractivity contribution in [1.82, 2.24) is 4.90 Å². The van der Waals surface area contributed by atoms with Crippen LogP contribution in [0.2, 0.25) is 0 Å². The molecule has 0 bridgehead atoms. The van der Waals surface area contributed by atoms with Gasteiger partial charge in [0.2, 0.25) is 5.91 Å². The Morgan fingerprint density at radius 2 is 2.31 bits per heavy atom. The summed E-state index contributed by atoms with van der Waals surface area (Å²) in [6, 6.07) is 6.04. The van der Waals surface area contributed by atoms with Crippen molar-refractivity contribution in [2.45, 2.75) is 12.8 Å². The summed E-state index contributed by atoms with van der Waals surface area (Å²) in [4.78, 5) is 13.0. The van der Waals surface area contributed by atoms with Crippen molar-refractivity contribution in [3.05, 3.63) is 29.3 Å². The largest absolute Gasteiger partial charge is 0.381 e. The van der Waals surface area contributed by atoms with Crippen LogP contribution < -0.4 is 5.32 Å². The van der Waals surface area contributed by atoms with Gasteiger partial charge >= 0.3 is 0 Å². The normalized spacial score (nSPS) is 14.1. The minimum absolute atomic E-state index is 0.0691. The number of anilines is 1. The molecular weight excluding hydrogens is 204 g/mol. The monoisotopic (exact) mass is 220 g/mol. The number of fused-ring (bicyclic) bond motifs is 1. The van der Waals surface area contributed by atoms with Gasteiger partial charge in [0, 0.05) is 12.2 Å². The molecule has 1 aliphatic heterocycles. The van der Waals surface area contributed by atoms with Gasteiger partial charge in [-0.1, -0.05) is 12.1 Å². The molecule has 0 spiro atoms. The quantitative estimate of drug-likeness (QED) is 0.731. The van der Waals surface area contributed by atoms with Crippen LogP contribution in [-0.2, 0) is 17.6 Å². The van der Waals surface area contributed by atoms with Crippen LogP contribution in [0.3, 0.4) is 0 Å². The Bertz CT molecular complexity index is 404. The fourth-order valence-corrected chi connectivity index (χ4v) is 1.83. The number of benzene rings is 1. The Morgan fingerprint density at radius 1 is 1.50 bits per heavy atom. The maximum Gasteiger partial charge on any atom is 0.228 e. The number of aliphatic hydroxyl groups is 1. The molecular formula is C12H16N2O2. The molecule has 4 nitrogen and oxygen atoms in total. The molecule has 2 rings (SSSR count). The highest BCUT2D eigenvalue weighted by Gasteiger charge is 2.17. The number of hydrogen-bond acceptors (Lipinski definition) is 3. The highest BCUT2D eigenvalue weighted by Crippen LogP contribution is 2.23. The van der Waals surface area contributed by atoms with Crippen LogP contribution in [0.15, 0.2) is 18.2 Å². The number of amides is 1. The van der Waals surface area contributed by atoms with Crippen molar-refractivity contribution >= 4 is 11.6 Å². The third-order valence-electron chi connectivity index (χ3n) is 2.82. The number of hydrogen-bond donors (Lipinski definition) is 2. The zero-order valence-electron chi connectivity index (χ0n) is 9.36. The molecule has 0 saturated heterocycles. The number of rotatable bonds is 4. The lowest BCUT2D eigenvalue weighted by atomic mass is 10.1. The lowest BCUT2D eigenvalue weighted by Gasteiger charge is -2.12. The summed E-state index contributed by atoms with van der Waals surface area (Å²) in [7, 11) is 1.87. The number of likely N-dealkylation sites (N-methyl/N-ethyl adjacent to an activating group) is 1. The molecule has 1 heterocycles. The Morgan fingerprint density at radius 3 is 3.06 bits per heavy atom. The Balaban J connectivity index is 2.02. The van der Waals surface area contributed by atoms with E-state index in [1.807, 2.05) is 24.1 Å². The second kappa shape index (κ2) is 4.63.